The molecule has 0 unspecified atom stereocenters. The first-order valence-corrected chi connectivity index (χ1v) is 8.96. The van der Waals surface area contributed by atoms with Gasteiger partial charge in [-0.3, -0.25) is 9.20 Å². The van der Waals surface area contributed by atoms with Gasteiger partial charge in [-0.1, -0.05) is 11.6 Å². The van der Waals surface area contributed by atoms with E-state index in [0.717, 1.165) is 5.39 Å². The monoisotopic (exact) mass is 413 g/mol. The van der Waals surface area contributed by atoms with Crippen molar-refractivity contribution < 1.29 is 19.0 Å². The van der Waals surface area contributed by atoms with Crippen molar-refractivity contribution in [3.63, 3.8) is 0 Å². The Morgan fingerprint density at radius 3 is 2.76 bits per heavy atom. The van der Waals surface area contributed by atoms with E-state index in [4.69, 9.17) is 25.8 Å². The molecular formula is C20H16ClN3O5. The molecule has 0 amide bonds. The van der Waals surface area contributed by atoms with Gasteiger partial charge in [-0.25, -0.2) is 9.78 Å². The Hall–Kier alpha value is -3.52. The fraction of sp³-hybridized carbons (Fsp3) is 0.150. The number of esters is 1. The lowest BCUT2D eigenvalue weighted by molar-refractivity contribution is 0.0462. The lowest BCUT2D eigenvalue weighted by Gasteiger charge is -2.06. The molecule has 0 atom stereocenters. The molecule has 0 aliphatic heterocycles. The lowest BCUT2D eigenvalue weighted by atomic mass is 10.2. The molecule has 9 heteroatoms. The van der Waals surface area contributed by atoms with Crippen molar-refractivity contribution >= 4 is 34.1 Å². The number of methoxy groups -OCH3 is 2. The predicted octanol–water partition coefficient (Wildman–Crippen LogP) is 3.20. The second kappa shape index (κ2) is 7.48. The molecule has 29 heavy (non-hydrogen) atoms. The molecule has 0 fully saturated rings. The van der Waals surface area contributed by atoms with Crippen molar-refractivity contribution in [1.29, 1.82) is 0 Å². The quantitative estimate of drug-likeness (QED) is 0.505. The molecule has 1 N–H and O–H groups in total. The molecule has 0 aliphatic carbocycles. The Kier molecular flexibility index (Phi) is 4.85. The number of ether oxygens (including phenoxy) is 3. The van der Waals surface area contributed by atoms with Crippen molar-refractivity contribution in [3.8, 4) is 11.5 Å². The normalized spacial score (nSPS) is 11.0. The van der Waals surface area contributed by atoms with Gasteiger partial charge < -0.3 is 19.2 Å². The summed E-state index contributed by atoms with van der Waals surface area (Å²) < 4.78 is 17.2. The first-order valence-electron chi connectivity index (χ1n) is 8.58. The van der Waals surface area contributed by atoms with E-state index >= 15 is 0 Å². The number of halogens is 1. The topological polar surface area (TPSA) is 94.9 Å². The summed E-state index contributed by atoms with van der Waals surface area (Å²) in [5.41, 5.74) is 1.33. The summed E-state index contributed by atoms with van der Waals surface area (Å²) in [5.74, 6) is 0.566. The number of H-pyrrole nitrogens is 1. The minimum absolute atomic E-state index is 0.150. The van der Waals surface area contributed by atoms with E-state index < -0.39 is 5.97 Å². The zero-order valence-electron chi connectivity index (χ0n) is 15.6. The van der Waals surface area contributed by atoms with Crippen LogP contribution in [0.4, 0.5) is 0 Å². The number of hydrogen-bond donors (Lipinski definition) is 1. The minimum Gasteiger partial charge on any atom is -0.497 e. The number of pyridine rings is 1. The van der Waals surface area contributed by atoms with Crippen LogP contribution in [0, 0.1) is 0 Å². The van der Waals surface area contributed by atoms with Crippen molar-refractivity contribution in [3.05, 3.63) is 69.4 Å². The van der Waals surface area contributed by atoms with Crippen LogP contribution in [0.15, 0.2) is 47.4 Å². The number of aromatic nitrogens is 3. The maximum absolute atomic E-state index is 12.5. The standard InChI is InChI=1S/C20H16ClN3O5/c1-27-14-5-11-6-15(23-19(11)16(8-14)28-2)20(26)29-10-13-7-18(25)24-9-12(21)3-4-17(24)22-13/h3-9,23H,10H2,1-2H3. The Morgan fingerprint density at radius 2 is 2.00 bits per heavy atom. The van der Waals surface area contributed by atoms with Gasteiger partial charge in [0.15, 0.2) is 0 Å². The third kappa shape index (κ3) is 3.62. The van der Waals surface area contributed by atoms with Gasteiger partial charge in [0.1, 0.15) is 29.4 Å². The zero-order valence-corrected chi connectivity index (χ0v) is 16.3. The summed E-state index contributed by atoms with van der Waals surface area (Å²) in [7, 11) is 3.08. The van der Waals surface area contributed by atoms with Crippen LogP contribution < -0.4 is 15.0 Å². The maximum atomic E-state index is 12.5. The summed E-state index contributed by atoms with van der Waals surface area (Å²) in [4.78, 5) is 32.0. The fourth-order valence-corrected chi connectivity index (χ4v) is 3.15. The largest absolute Gasteiger partial charge is 0.497 e. The molecule has 4 rings (SSSR count). The minimum atomic E-state index is -0.583. The van der Waals surface area contributed by atoms with Gasteiger partial charge in [0.2, 0.25) is 0 Å². The highest BCUT2D eigenvalue weighted by molar-refractivity contribution is 6.30. The molecule has 0 saturated carbocycles. The van der Waals surface area contributed by atoms with E-state index in [0.29, 0.717) is 33.4 Å². The zero-order chi connectivity index (χ0) is 20.5. The van der Waals surface area contributed by atoms with Gasteiger partial charge in [0, 0.05) is 23.7 Å². The summed E-state index contributed by atoms with van der Waals surface area (Å²) >= 11 is 5.90. The Bertz CT molecular complexity index is 1290. The average Bonchev–Trinajstić information content (AvgIpc) is 3.16. The summed E-state index contributed by atoms with van der Waals surface area (Å²) in [6.45, 7) is -0.150. The smallest absolute Gasteiger partial charge is 0.355 e. The van der Waals surface area contributed by atoms with Crippen molar-refractivity contribution in [2.75, 3.05) is 14.2 Å². The second-order valence-electron chi connectivity index (χ2n) is 6.21. The molecule has 148 valence electrons. The van der Waals surface area contributed by atoms with Gasteiger partial charge in [-0.2, -0.15) is 0 Å². The lowest BCUT2D eigenvalue weighted by Crippen LogP contribution is -2.16. The number of nitrogens with zero attached hydrogens (tertiary/aromatic N) is 2. The number of rotatable bonds is 5. The van der Waals surface area contributed by atoms with Gasteiger partial charge in [-0.05, 0) is 24.3 Å². The number of carbonyl (C=O) groups is 1. The van der Waals surface area contributed by atoms with E-state index in [-0.39, 0.29) is 17.9 Å². The highest BCUT2D eigenvalue weighted by Crippen LogP contribution is 2.31. The molecule has 1 aromatic carbocycles. The molecule has 3 aromatic heterocycles. The molecule has 0 saturated heterocycles. The first kappa shape index (κ1) is 18.8. The third-order valence-corrected chi connectivity index (χ3v) is 4.59. The van der Waals surface area contributed by atoms with Crippen molar-refractivity contribution in [1.82, 2.24) is 14.4 Å². The van der Waals surface area contributed by atoms with E-state index in [9.17, 15) is 9.59 Å². The molecular weight excluding hydrogens is 398 g/mol. The van der Waals surface area contributed by atoms with Gasteiger partial charge in [0.25, 0.3) is 5.56 Å². The van der Waals surface area contributed by atoms with Crippen LogP contribution in [0.25, 0.3) is 16.6 Å². The molecule has 0 bridgehead atoms. The van der Waals surface area contributed by atoms with Crippen molar-refractivity contribution in [2.45, 2.75) is 6.61 Å². The number of benzene rings is 1. The first-order chi connectivity index (χ1) is 14.0. The van der Waals surface area contributed by atoms with Crippen LogP contribution in [0.2, 0.25) is 5.02 Å². The molecule has 0 radical (unpaired) electrons. The molecule has 8 nitrogen and oxygen atoms in total. The van der Waals surface area contributed by atoms with E-state index in [1.54, 1.807) is 37.4 Å². The summed E-state index contributed by atoms with van der Waals surface area (Å²) in [6, 6.07) is 9.69. The number of hydrogen-bond acceptors (Lipinski definition) is 6. The molecule has 4 aromatic rings. The van der Waals surface area contributed by atoms with Gasteiger partial charge >= 0.3 is 5.97 Å². The van der Waals surface area contributed by atoms with E-state index in [2.05, 4.69) is 9.97 Å². The summed E-state index contributed by atoms with van der Waals surface area (Å²) in [6.07, 6.45) is 1.48. The Morgan fingerprint density at radius 1 is 1.17 bits per heavy atom. The van der Waals surface area contributed by atoms with Crippen molar-refractivity contribution in [2.24, 2.45) is 0 Å². The second-order valence-corrected chi connectivity index (χ2v) is 6.65. The van der Waals surface area contributed by atoms with Crippen LogP contribution in [0.1, 0.15) is 16.2 Å². The predicted molar refractivity (Wildman–Crippen MR) is 107 cm³/mol. The molecule has 3 heterocycles. The number of fused-ring (bicyclic) bond motifs is 2. The summed E-state index contributed by atoms with van der Waals surface area (Å²) in [5, 5.41) is 1.17. The number of carbonyl (C=O) groups excluding carboxylic acids is 1. The Balaban J connectivity index is 1.58. The van der Waals surface area contributed by atoms with Crippen LogP contribution in [-0.4, -0.2) is 34.6 Å². The maximum Gasteiger partial charge on any atom is 0.355 e. The average molecular weight is 414 g/mol. The van der Waals surface area contributed by atoms with Crippen LogP contribution >= 0.6 is 11.6 Å². The Labute approximate surface area is 169 Å². The molecule has 0 aliphatic rings. The van der Waals surface area contributed by atoms with Crippen LogP contribution in [0.3, 0.4) is 0 Å². The number of aromatic amines is 1. The third-order valence-electron chi connectivity index (χ3n) is 4.37. The number of nitrogens with one attached hydrogen (secondary N) is 1. The fourth-order valence-electron chi connectivity index (χ4n) is 2.99. The highest BCUT2D eigenvalue weighted by atomic mass is 35.5. The highest BCUT2D eigenvalue weighted by Gasteiger charge is 2.15. The molecule has 0 spiro atoms. The van der Waals surface area contributed by atoms with E-state index in [1.165, 1.54) is 23.8 Å². The van der Waals surface area contributed by atoms with Crippen LogP contribution in [0.5, 0.6) is 11.5 Å². The van der Waals surface area contributed by atoms with E-state index in [1.807, 2.05) is 0 Å². The van der Waals surface area contributed by atoms with Gasteiger partial charge in [0.05, 0.1) is 30.5 Å². The van der Waals surface area contributed by atoms with Gasteiger partial charge in [-0.15, -0.1) is 0 Å². The van der Waals surface area contributed by atoms with Crippen LogP contribution in [-0.2, 0) is 11.3 Å². The SMILES string of the molecule is COc1cc(OC)c2[nH]c(C(=O)OCc3cc(=O)n4cc(Cl)ccc4n3)cc2c1.